The molecule has 0 fully saturated rings. The molecule has 1 heterocycles. The Balaban J connectivity index is 1.90. The van der Waals surface area contributed by atoms with Crippen LogP contribution < -0.4 is 9.47 Å². The lowest BCUT2D eigenvalue weighted by Crippen LogP contribution is -1.91. The van der Waals surface area contributed by atoms with E-state index in [1.54, 1.807) is 14.2 Å². The van der Waals surface area contributed by atoms with Gasteiger partial charge in [-0.05, 0) is 29.8 Å². The fourth-order valence-electron chi connectivity index (χ4n) is 2.24. The zero-order valence-corrected chi connectivity index (χ0v) is 11.5. The number of aromatic amines is 1. The Kier molecular flexibility index (Phi) is 3.29. The fourth-order valence-corrected chi connectivity index (χ4v) is 2.24. The Hall–Kier alpha value is -2.49. The maximum atomic E-state index is 5.32. The maximum absolute atomic E-state index is 5.32. The summed E-state index contributed by atoms with van der Waals surface area (Å²) in [6, 6.07) is 13.9. The summed E-state index contributed by atoms with van der Waals surface area (Å²) in [4.78, 5) is 7.93. The molecule has 0 aliphatic heterocycles. The van der Waals surface area contributed by atoms with Crippen LogP contribution in [0.2, 0.25) is 0 Å². The van der Waals surface area contributed by atoms with Crippen LogP contribution >= 0.6 is 0 Å². The lowest BCUT2D eigenvalue weighted by Gasteiger charge is -2.01. The number of para-hydroxylation sites is 1. The van der Waals surface area contributed by atoms with Crippen molar-refractivity contribution in [1.82, 2.24) is 9.97 Å². The summed E-state index contributed by atoms with van der Waals surface area (Å²) in [5, 5.41) is 0. The zero-order valence-electron chi connectivity index (χ0n) is 11.5. The van der Waals surface area contributed by atoms with Gasteiger partial charge in [-0.25, -0.2) is 4.98 Å². The summed E-state index contributed by atoms with van der Waals surface area (Å²) in [5.41, 5.74) is 3.05. The predicted molar refractivity (Wildman–Crippen MR) is 78.4 cm³/mol. The fraction of sp³-hybridized carbons (Fsp3) is 0.188. The van der Waals surface area contributed by atoms with Gasteiger partial charge in [-0.3, -0.25) is 0 Å². The minimum atomic E-state index is 0.752. The Bertz CT molecular complexity index is 717. The van der Waals surface area contributed by atoms with Crippen LogP contribution in [0.4, 0.5) is 0 Å². The zero-order chi connectivity index (χ0) is 13.9. The molecule has 4 heteroatoms. The quantitative estimate of drug-likeness (QED) is 0.790. The van der Waals surface area contributed by atoms with Crippen LogP contribution in [0, 0.1) is 0 Å². The molecule has 1 N–H and O–H groups in total. The Morgan fingerprint density at radius 2 is 1.80 bits per heavy atom. The molecule has 0 saturated heterocycles. The van der Waals surface area contributed by atoms with Crippen LogP contribution in [-0.2, 0) is 6.42 Å². The van der Waals surface area contributed by atoms with Gasteiger partial charge in [-0.15, -0.1) is 0 Å². The number of rotatable bonds is 4. The van der Waals surface area contributed by atoms with Crippen LogP contribution in [-0.4, -0.2) is 24.2 Å². The summed E-state index contributed by atoms with van der Waals surface area (Å²) < 4.78 is 10.5. The van der Waals surface area contributed by atoms with Gasteiger partial charge >= 0.3 is 0 Å². The van der Waals surface area contributed by atoms with Crippen LogP contribution in [0.3, 0.4) is 0 Å². The number of fused-ring (bicyclic) bond motifs is 1. The summed E-state index contributed by atoms with van der Waals surface area (Å²) in [6.45, 7) is 0. The van der Waals surface area contributed by atoms with Gasteiger partial charge in [0.2, 0.25) is 0 Å². The third kappa shape index (κ3) is 2.32. The van der Waals surface area contributed by atoms with Gasteiger partial charge in [-0.2, -0.15) is 0 Å². The molecular formula is C16H16N2O2. The van der Waals surface area contributed by atoms with Crippen molar-refractivity contribution in [1.29, 1.82) is 0 Å². The second-order valence-electron chi connectivity index (χ2n) is 4.56. The highest BCUT2D eigenvalue weighted by atomic mass is 16.5. The van der Waals surface area contributed by atoms with Crippen molar-refractivity contribution >= 4 is 11.0 Å². The molecule has 0 radical (unpaired) electrons. The third-order valence-electron chi connectivity index (χ3n) is 3.28. The molecular weight excluding hydrogens is 252 g/mol. The molecule has 0 aliphatic carbocycles. The van der Waals surface area contributed by atoms with E-state index < -0.39 is 0 Å². The second kappa shape index (κ2) is 5.25. The molecule has 0 spiro atoms. The smallest absolute Gasteiger partial charge is 0.146 e. The van der Waals surface area contributed by atoms with Gasteiger partial charge in [0, 0.05) is 6.42 Å². The first kappa shape index (κ1) is 12.5. The first-order valence-corrected chi connectivity index (χ1v) is 6.44. The lowest BCUT2D eigenvalue weighted by molar-refractivity contribution is 0.414. The third-order valence-corrected chi connectivity index (χ3v) is 3.28. The van der Waals surface area contributed by atoms with E-state index in [1.807, 2.05) is 42.5 Å². The van der Waals surface area contributed by atoms with Crippen molar-refractivity contribution < 1.29 is 9.47 Å². The molecule has 2 aromatic carbocycles. The topological polar surface area (TPSA) is 47.1 Å². The summed E-state index contributed by atoms with van der Waals surface area (Å²) in [7, 11) is 3.33. The van der Waals surface area contributed by atoms with Crippen molar-refractivity contribution in [2.24, 2.45) is 0 Å². The minimum absolute atomic E-state index is 0.752. The minimum Gasteiger partial charge on any atom is -0.497 e. The highest BCUT2D eigenvalue weighted by molar-refractivity contribution is 5.81. The molecule has 0 unspecified atom stereocenters. The van der Waals surface area contributed by atoms with E-state index in [2.05, 4.69) is 9.97 Å². The number of methoxy groups -OCH3 is 2. The van der Waals surface area contributed by atoms with Gasteiger partial charge in [0.1, 0.15) is 22.8 Å². The van der Waals surface area contributed by atoms with E-state index in [-0.39, 0.29) is 0 Å². The number of benzene rings is 2. The Morgan fingerprint density at radius 1 is 1.00 bits per heavy atom. The van der Waals surface area contributed by atoms with Crippen LogP contribution in [0.5, 0.6) is 11.5 Å². The number of hydrogen-bond acceptors (Lipinski definition) is 3. The average molecular weight is 268 g/mol. The number of aromatic nitrogens is 2. The van der Waals surface area contributed by atoms with Crippen molar-refractivity contribution in [3.05, 3.63) is 53.9 Å². The van der Waals surface area contributed by atoms with E-state index in [0.717, 1.165) is 34.8 Å². The predicted octanol–water partition coefficient (Wildman–Crippen LogP) is 3.17. The van der Waals surface area contributed by atoms with E-state index in [9.17, 15) is 0 Å². The first-order valence-electron chi connectivity index (χ1n) is 6.44. The van der Waals surface area contributed by atoms with E-state index in [0.29, 0.717) is 0 Å². The molecule has 4 nitrogen and oxygen atoms in total. The lowest BCUT2D eigenvalue weighted by atomic mass is 10.1. The largest absolute Gasteiger partial charge is 0.497 e. The van der Waals surface area contributed by atoms with Crippen LogP contribution in [0.15, 0.2) is 42.5 Å². The monoisotopic (exact) mass is 268 g/mol. The van der Waals surface area contributed by atoms with Gasteiger partial charge < -0.3 is 14.5 Å². The summed E-state index contributed by atoms with van der Waals surface area (Å²) in [5.74, 6) is 2.58. The molecule has 20 heavy (non-hydrogen) atoms. The van der Waals surface area contributed by atoms with E-state index in [4.69, 9.17) is 9.47 Å². The molecule has 1 aromatic heterocycles. The number of ether oxygens (including phenoxy) is 2. The Labute approximate surface area is 117 Å². The number of hydrogen-bond donors (Lipinski definition) is 1. The molecule has 0 aliphatic rings. The highest BCUT2D eigenvalue weighted by Gasteiger charge is 2.08. The molecule has 0 saturated carbocycles. The first-order chi connectivity index (χ1) is 9.80. The molecule has 0 bridgehead atoms. The average Bonchev–Trinajstić information content (AvgIpc) is 2.90. The maximum Gasteiger partial charge on any atom is 0.146 e. The van der Waals surface area contributed by atoms with Gasteiger partial charge in [0.25, 0.3) is 0 Å². The van der Waals surface area contributed by atoms with Crippen molar-refractivity contribution in [3.8, 4) is 11.5 Å². The van der Waals surface area contributed by atoms with Gasteiger partial charge in [0.15, 0.2) is 0 Å². The van der Waals surface area contributed by atoms with E-state index in [1.165, 1.54) is 5.56 Å². The van der Waals surface area contributed by atoms with Gasteiger partial charge in [-0.1, -0.05) is 18.2 Å². The molecule has 0 atom stereocenters. The SMILES string of the molecule is COc1ccc(Cc2nc3c(OC)cccc3[nH]2)cc1. The van der Waals surface area contributed by atoms with Crippen LogP contribution in [0.25, 0.3) is 11.0 Å². The standard InChI is InChI=1S/C16H16N2O2/c1-19-12-8-6-11(7-9-12)10-15-17-13-4-3-5-14(20-2)16(13)18-15/h3-9H,10H2,1-2H3,(H,17,18). The number of nitrogens with one attached hydrogen (secondary N) is 1. The number of nitrogens with zero attached hydrogens (tertiary/aromatic N) is 1. The van der Waals surface area contributed by atoms with Crippen molar-refractivity contribution in [2.75, 3.05) is 14.2 Å². The molecule has 102 valence electrons. The van der Waals surface area contributed by atoms with Gasteiger partial charge in [0.05, 0.1) is 19.7 Å². The second-order valence-corrected chi connectivity index (χ2v) is 4.56. The summed E-state index contributed by atoms with van der Waals surface area (Å²) in [6.07, 6.45) is 0.752. The Morgan fingerprint density at radius 3 is 2.50 bits per heavy atom. The van der Waals surface area contributed by atoms with Crippen molar-refractivity contribution in [2.45, 2.75) is 6.42 Å². The number of imidazole rings is 1. The molecule has 3 aromatic rings. The normalized spacial score (nSPS) is 10.7. The van der Waals surface area contributed by atoms with E-state index >= 15 is 0 Å². The molecule has 0 amide bonds. The number of H-pyrrole nitrogens is 1. The highest BCUT2D eigenvalue weighted by Crippen LogP contribution is 2.24. The van der Waals surface area contributed by atoms with Crippen molar-refractivity contribution in [3.63, 3.8) is 0 Å². The summed E-state index contributed by atoms with van der Waals surface area (Å²) >= 11 is 0. The molecule has 3 rings (SSSR count). The van der Waals surface area contributed by atoms with Crippen LogP contribution in [0.1, 0.15) is 11.4 Å².